The molecular weight excluding hydrogens is 287 g/mol. The summed E-state index contributed by atoms with van der Waals surface area (Å²) in [6.45, 7) is 4.27. The Kier molecular flexibility index (Phi) is 4.32. The van der Waals surface area contributed by atoms with Gasteiger partial charge in [0, 0.05) is 22.9 Å². The fraction of sp³-hybridized carbons (Fsp3) is 0.385. The molecule has 0 aliphatic carbocycles. The summed E-state index contributed by atoms with van der Waals surface area (Å²) in [6.07, 6.45) is 1.59. The first-order valence-electron chi connectivity index (χ1n) is 5.78. The predicted octanol–water partition coefficient (Wildman–Crippen LogP) is 3.82. The van der Waals surface area contributed by atoms with Crippen molar-refractivity contribution in [2.24, 2.45) is 0 Å². The minimum absolute atomic E-state index is 0.294. The molecule has 0 aliphatic heterocycles. The SMILES string of the molecule is CC(C)(CCl)c1cc(OCc2ccco2)nnc1Cl. The highest BCUT2D eigenvalue weighted by Crippen LogP contribution is 2.31. The Morgan fingerprint density at radius 2 is 2.16 bits per heavy atom. The highest BCUT2D eigenvalue weighted by atomic mass is 35.5. The second-order valence-electron chi connectivity index (χ2n) is 4.77. The molecule has 4 nitrogen and oxygen atoms in total. The fourth-order valence-electron chi connectivity index (χ4n) is 1.52. The maximum Gasteiger partial charge on any atom is 0.234 e. The maximum atomic E-state index is 6.05. The van der Waals surface area contributed by atoms with Crippen LogP contribution in [-0.4, -0.2) is 16.1 Å². The van der Waals surface area contributed by atoms with Crippen molar-refractivity contribution in [1.82, 2.24) is 10.2 Å². The summed E-state index contributed by atoms with van der Waals surface area (Å²) < 4.78 is 10.7. The van der Waals surface area contributed by atoms with Gasteiger partial charge in [-0.15, -0.1) is 21.8 Å². The topological polar surface area (TPSA) is 48.2 Å². The van der Waals surface area contributed by atoms with Crippen molar-refractivity contribution in [3.63, 3.8) is 0 Å². The van der Waals surface area contributed by atoms with Gasteiger partial charge in [-0.3, -0.25) is 0 Å². The molecule has 0 aliphatic rings. The molecular formula is C13H14Cl2N2O2. The van der Waals surface area contributed by atoms with E-state index in [-0.39, 0.29) is 5.41 Å². The van der Waals surface area contributed by atoms with Gasteiger partial charge in [0.1, 0.15) is 12.4 Å². The van der Waals surface area contributed by atoms with Crippen LogP contribution in [0.3, 0.4) is 0 Å². The molecule has 102 valence electrons. The second kappa shape index (κ2) is 5.80. The van der Waals surface area contributed by atoms with Crippen LogP contribution in [0.1, 0.15) is 25.2 Å². The van der Waals surface area contributed by atoms with Gasteiger partial charge >= 0.3 is 0 Å². The van der Waals surface area contributed by atoms with Gasteiger partial charge in [0.05, 0.1) is 6.26 Å². The van der Waals surface area contributed by atoms with Crippen LogP contribution in [0.4, 0.5) is 0 Å². The lowest BCUT2D eigenvalue weighted by Gasteiger charge is -2.22. The standard InChI is InChI=1S/C13H14Cl2N2O2/c1-13(2,8-14)10-6-11(16-17-12(10)15)19-7-9-4-3-5-18-9/h3-6H,7-8H2,1-2H3. The lowest BCUT2D eigenvalue weighted by molar-refractivity contribution is 0.257. The van der Waals surface area contributed by atoms with Crippen molar-refractivity contribution >= 4 is 23.2 Å². The van der Waals surface area contributed by atoms with Crippen LogP contribution in [0.25, 0.3) is 0 Å². The number of ether oxygens (including phenoxy) is 1. The van der Waals surface area contributed by atoms with Crippen molar-refractivity contribution in [2.45, 2.75) is 25.9 Å². The molecule has 0 amide bonds. The van der Waals surface area contributed by atoms with Gasteiger partial charge in [0.25, 0.3) is 0 Å². The summed E-state index contributed by atoms with van der Waals surface area (Å²) >= 11 is 12.0. The van der Waals surface area contributed by atoms with E-state index in [4.69, 9.17) is 32.4 Å². The molecule has 19 heavy (non-hydrogen) atoms. The molecule has 2 heterocycles. The molecule has 0 radical (unpaired) electrons. The smallest absolute Gasteiger partial charge is 0.234 e. The van der Waals surface area contributed by atoms with Gasteiger partial charge in [-0.05, 0) is 12.1 Å². The van der Waals surface area contributed by atoms with E-state index in [1.807, 2.05) is 19.9 Å². The van der Waals surface area contributed by atoms with Crippen LogP contribution in [0.5, 0.6) is 5.88 Å². The summed E-state index contributed by atoms with van der Waals surface area (Å²) in [5, 5.41) is 8.14. The average molecular weight is 301 g/mol. The highest BCUT2D eigenvalue weighted by Gasteiger charge is 2.24. The molecule has 0 saturated carbocycles. The quantitative estimate of drug-likeness (QED) is 0.788. The van der Waals surface area contributed by atoms with E-state index in [9.17, 15) is 0 Å². The minimum atomic E-state index is -0.294. The van der Waals surface area contributed by atoms with Crippen LogP contribution in [0.2, 0.25) is 5.15 Å². The molecule has 2 rings (SSSR count). The molecule has 0 N–H and O–H groups in total. The molecule has 6 heteroatoms. The van der Waals surface area contributed by atoms with Gasteiger partial charge in [0.2, 0.25) is 5.88 Å². The number of furan rings is 1. The van der Waals surface area contributed by atoms with Crippen LogP contribution in [0, 0.1) is 0 Å². The Labute approximate surface area is 121 Å². The van der Waals surface area contributed by atoms with Crippen LogP contribution < -0.4 is 4.74 Å². The van der Waals surface area contributed by atoms with E-state index >= 15 is 0 Å². The number of alkyl halides is 1. The number of hydrogen-bond acceptors (Lipinski definition) is 4. The maximum absolute atomic E-state index is 6.05. The van der Waals surface area contributed by atoms with Crippen molar-refractivity contribution in [3.8, 4) is 5.88 Å². The number of hydrogen-bond donors (Lipinski definition) is 0. The van der Waals surface area contributed by atoms with E-state index < -0.39 is 0 Å². The number of rotatable bonds is 5. The molecule has 0 unspecified atom stereocenters. The van der Waals surface area contributed by atoms with Gasteiger partial charge in [0.15, 0.2) is 5.15 Å². The van der Waals surface area contributed by atoms with Crippen molar-refractivity contribution < 1.29 is 9.15 Å². The van der Waals surface area contributed by atoms with Gasteiger partial charge in [-0.25, -0.2) is 0 Å². The zero-order chi connectivity index (χ0) is 13.9. The van der Waals surface area contributed by atoms with Crippen molar-refractivity contribution in [2.75, 3.05) is 5.88 Å². The summed E-state index contributed by atoms with van der Waals surface area (Å²) in [5.74, 6) is 1.54. The van der Waals surface area contributed by atoms with Crippen LogP contribution >= 0.6 is 23.2 Å². The first-order valence-corrected chi connectivity index (χ1v) is 6.69. The molecule has 0 atom stereocenters. The van der Waals surface area contributed by atoms with Gasteiger partial charge < -0.3 is 9.15 Å². The zero-order valence-corrected chi connectivity index (χ0v) is 12.2. The lowest BCUT2D eigenvalue weighted by atomic mass is 9.88. The first-order chi connectivity index (χ1) is 9.03. The molecule has 2 aromatic rings. The molecule has 0 bridgehead atoms. The first kappa shape index (κ1) is 14.2. The Hall–Kier alpha value is -1.26. The van der Waals surface area contributed by atoms with Gasteiger partial charge in [-0.2, -0.15) is 0 Å². The summed E-state index contributed by atoms with van der Waals surface area (Å²) in [6, 6.07) is 5.39. The van der Waals surface area contributed by atoms with Crippen molar-refractivity contribution in [3.05, 3.63) is 40.9 Å². The Bertz CT molecular complexity index is 542. The largest absolute Gasteiger partial charge is 0.468 e. The molecule has 0 spiro atoms. The molecule has 0 fully saturated rings. The highest BCUT2D eigenvalue weighted by molar-refractivity contribution is 6.30. The van der Waals surface area contributed by atoms with Gasteiger partial charge in [-0.1, -0.05) is 25.4 Å². The monoisotopic (exact) mass is 300 g/mol. The Balaban J connectivity index is 2.16. The summed E-state index contributed by atoms with van der Waals surface area (Å²) in [7, 11) is 0. The second-order valence-corrected chi connectivity index (χ2v) is 5.40. The predicted molar refractivity (Wildman–Crippen MR) is 73.8 cm³/mol. The van der Waals surface area contributed by atoms with E-state index in [0.29, 0.717) is 23.5 Å². The molecule has 0 saturated heterocycles. The third-order valence-electron chi connectivity index (χ3n) is 2.73. The average Bonchev–Trinajstić information content (AvgIpc) is 2.91. The fourth-order valence-corrected chi connectivity index (χ4v) is 2.01. The summed E-state index contributed by atoms with van der Waals surface area (Å²) in [4.78, 5) is 0. The third kappa shape index (κ3) is 3.39. The van der Waals surface area contributed by atoms with E-state index in [1.54, 1.807) is 18.4 Å². The Morgan fingerprint density at radius 3 is 2.79 bits per heavy atom. The molecule has 2 aromatic heterocycles. The van der Waals surface area contributed by atoms with Crippen LogP contribution in [0.15, 0.2) is 28.9 Å². The number of halogens is 2. The Morgan fingerprint density at radius 1 is 1.37 bits per heavy atom. The number of nitrogens with zero attached hydrogens (tertiary/aromatic N) is 2. The number of aromatic nitrogens is 2. The molecule has 0 aromatic carbocycles. The van der Waals surface area contributed by atoms with Crippen molar-refractivity contribution in [1.29, 1.82) is 0 Å². The normalized spacial score (nSPS) is 11.6. The lowest BCUT2D eigenvalue weighted by Crippen LogP contribution is -2.20. The van der Waals surface area contributed by atoms with Crippen LogP contribution in [-0.2, 0) is 12.0 Å². The van der Waals surface area contributed by atoms with E-state index in [1.165, 1.54) is 0 Å². The summed E-state index contributed by atoms with van der Waals surface area (Å²) in [5.41, 5.74) is 0.519. The minimum Gasteiger partial charge on any atom is -0.468 e. The van der Waals surface area contributed by atoms with E-state index in [2.05, 4.69) is 10.2 Å². The van der Waals surface area contributed by atoms with E-state index in [0.717, 1.165) is 11.3 Å². The third-order valence-corrected chi connectivity index (χ3v) is 3.68. The zero-order valence-electron chi connectivity index (χ0n) is 10.7.